The Labute approximate surface area is 159 Å². The van der Waals surface area contributed by atoms with Crippen molar-refractivity contribution in [3.05, 3.63) is 30.3 Å². The summed E-state index contributed by atoms with van der Waals surface area (Å²) in [6.07, 6.45) is 1.83. The van der Waals surface area contributed by atoms with Crippen LogP contribution in [0.4, 0.5) is 10.5 Å². The molecule has 1 rings (SSSR count). The summed E-state index contributed by atoms with van der Waals surface area (Å²) < 4.78 is 5.23. The maximum atomic E-state index is 12.6. The number of ether oxygens (including phenoxy) is 1. The molecule has 0 spiro atoms. The molecule has 0 fully saturated rings. The number of hydrogen-bond acceptors (Lipinski definition) is 5. The second-order valence-corrected chi connectivity index (χ2v) is 7.19. The number of hydrogen-bond donors (Lipinski definition) is 4. The van der Waals surface area contributed by atoms with Gasteiger partial charge in [0, 0.05) is 12.1 Å². The molecule has 0 aliphatic carbocycles. The molecule has 0 bridgehead atoms. The van der Waals surface area contributed by atoms with Crippen molar-refractivity contribution in [2.24, 2.45) is 0 Å². The Kier molecular flexibility index (Phi) is 9.29. The number of amides is 3. The third-order valence-corrected chi connectivity index (χ3v) is 3.57. The van der Waals surface area contributed by atoms with Crippen LogP contribution in [0.5, 0.6) is 0 Å². The standard InChI is InChI=1S/C19H29N3O5/c1-19(2,3)27-18(25)21-15(12-8-5-9-13-16(23)22-26)17(24)20-14-10-6-4-7-11-14/h4,6-7,10-11,15,26H,5,8-9,12-13H2,1-3H3,(H,20,24)(H,21,25)(H,22,23). The Hall–Kier alpha value is -2.61. The number of hydroxylamine groups is 1. The van der Waals surface area contributed by atoms with Gasteiger partial charge in [-0.1, -0.05) is 31.0 Å². The summed E-state index contributed by atoms with van der Waals surface area (Å²) >= 11 is 0. The fourth-order valence-electron chi connectivity index (χ4n) is 2.34. The highest BCUT2D eigenvalue weighted by atomic mass is 16.6. The Morgan fingerprint density at radius 1 is 1.07 bits per heavy atom. The molecular formula is C19H29N3O5. The van der Waals surface area contributed by atoms with Crippen LogP contribution in [0.25, 0.3) is 0 Å². The van der Waals surface area contributed by atoms with E-state index >= 15 is 0 Å². The average molecular weight is 379 g/mol. The lowest BCUT2D eigenvalue weighted by Gasteiger charge is -2.23. The SMILES string of the molecule is CC(C)(C)OC(=O)NC(CCCCCC(=O)NO)C(=O)Nc1ccccc1. The van der Waals surface area contributed by atoms with Crippen LogP contribution in [0.1, 0.15) is 52.9 Å². The van der Waals surface area contributed by atoms with Gasteiger partial charge in [0.2, 0.25) is 11.8 Å². The van der Waals surface area contributed by atoms with Crippen molar-refractivity contribution >= 4 is 23.6 Å². The predicted molar refractivity (Wildman–Crippen MR) is 101 cm³/mol. The zero-order valence-corrected chi connectivity index (χ0v) is 16.1. The van der Waals surface area contributed by atoms with Crippen molar-refractivity contribution in [1.82, 2.24) is 10.8 Å². The van der Waals surface area contributed by atoms with E-state index in [0.717, 1.165) is 0 Å². The number of para-hydroxylation sites is 1. The van der Waals surface area contributed by atoms with Gasteiger partial charge in [-0.3, -0.25) is 14.8 Å². The summed E-state index contributed by atoms with van der Waals surface area (Å²) in [5.41, 5.74) is 1.55. The van der Waals surface area contributed by atoms with Crippen molar-refractivity contribution in [2.75, 3.05) is 5.32 Å². The molecule has 0 aliphatic rings. The minimum atomic E-state index is -0.758. The van der Waals surface area contributed by atoms with Gasteiger partial charge >= 0.3 is 6.09 Å². The molecule has 1 unspecified atom stereocenters. The summed E-state index contributed by atoms with van der Waals surface area (Å²) in [6.45, 7) is 5.24. The maximum absolute atomic E-state index is 12.6. The monoisotopic (exact) mass is 379 g/mol. The first-order valence-corrected chi connectivity index (χ1v) is 8.99. The van der Waals surface area contributed by atoms with Crippen LogP contribution in [0.15, 0.2) is 30.3 Å². The molecule has 1 atom stereocenters. The van der Waals surface area contributed by atoms with E-state index < -0.39 is 23.6 Å². The summed E-state index contributed by atoms with van der Waals surface area (Å²) in [7, 11) is 0. The topological polar surface area (TPSA) is 117 Å². The molecule has 8 heteroatoms. The number of anilines is 1. The number of carbonyl (C=O) groups is 3. The van der Waals surface area contributed by atoms with Crippen LogP contribution < -0.4 is 16.1 Å². The highest BCUT2D eigenvalue weighted by Crippen LogP contribution is 2.12. The molecule has 0 saturated carbocycles. The van der Waals surface area contributed by atoms with Crippen LogP contribution >= 0.6 is 0 Å². The van der Waals surface area contributed by atoms with Gasteiger partial charge in [0.25, 0.3) is 0 Å². The molecule has 150 valence electrons. The number of unbranched alkanes of at least 4 members (excludes halogenated alkanes) is 2. The van der Waals surface area contributed by atoms with Crippen LogP contribution in [0.3, 0.4) is 0 Å². The molecule has 1 aromatic carbocycles. The molecular weight excluding hydrogens is 350 g/mol. The van der Waals surface area contributed by atoms with E-state index in [2.05, 4.69) is 10.6 Å². The summed E-state index contributed by atoms with van der Waals surface area (Å²) in [6, 6.07) is 8.21. The number of benzene rings is 1. The van der Waals surface area contributed by atoms with Crippen LogP contribution in [0, 0.1) is 0 Å². The normalized spacial score (nSPS) is 12.0. The maximum Gasteiger partial charge on any atom is 0.408 e. The fraction of sp³-hybridized carbons (Fsp3) is 0.526. The highest BCUT2D eigenvalue weighted by Gasteiger charge is 2.24. The molecule has 27 heavy (non-hydrogen) atoms. The Morgan fingerprint density at radius 2 is 1.74 bits per heavy atom. The summed E-state index contributed by atoms with van der Waals surface area (Å²) in [4.78, 5) is 35.6. The average Bonchev–Trinajstić information content (AvgIpc) is 2.59. The lowest BCUT2D eigenvalue weighted by molar-refractivity contribution is -0.129. The predicted octanol–water partition coefficient (Wildman–Crippen LogP) is 2.97. The third kappa shape index (κ3) is 10.2. The highest BCUT2D eigenvalue weighted by molar-refractivity contribution is 5.96. The van der Waals surface area contributed by atoms with Crippen LogP contribution in [0.2, 0.25) is 0 Å². The van der Waals surface area contributed by atoms with E-state index in [0.29, 0.717) is 31.4 Å². The van der Waals surface area contributed by atoms with Gasteiger partial charge in [-0.2, -0.15) is 0 Å². The molecule has 1 aromatic rings. The lowest BCUT2D eigenvalue weighted by Crippen LogP contribution is -2.45. The van der Waals surface area contributed by atoms with Crippen molar-refractivity contribution < 1.29 is 24.3 Å². The van der Waals surface area contributed by atoms with Gasteiger partial charge in [0.1, 0.15) is 11.6 Å². The largest absolute Gasteiger partial charge is 0.444 e. The zero-order chi connectivity index (χ0) is 20.3. The van der Waals surface area contributed by atoms with Crippen LogP contribution in [-0.4, -0.2) is 34.8 Å². The molecule has 8 nitrogen and oxygen atoms in total. The van der Waals surface area contributed by atoms with E-state index in [4.69, 9.17) is 9.94 Å². The van der Waals surface area contributed by atoms with E-state index in [1.165, 1.54) is 0 Å². The summed E-state index contributed by atoms with van der Waals surface area (Å²) in [5, 5.41) is 13.9. The van der Waals surface area contributed by atoms with Crippen molar-refractivity contribution in [1.29, 1.82) is 0 Å². The second kappa shape index (κ2) is 11.2. The third-order valence-electron chi connectivity index (χ3n) is 3.57. The van der Waals surface area contributed by atoms with Crippen molar-refractivity contribution in [3.8, 4) is 0 Å². The smallest absolute Gasteiger partial charge is 0.408 e. The summed E-state index contributed by atoms with van der Waals surface area (Å²) in [5.74, 6) is -0.777. The van der Waals surface area contributed by atoms with Gasteiger partial charge in [-0.15, -0.1) is 0 Å². The molecule has 0 heterocycles. The Balaban J connectivity index is 2.60. The second-order valence-electron chi connectivity index (χ2n) is 7.19. The van der Waals surface area contributed by atoms with E-state index in [9.17, 15) is 14.4 Å². The zero-order valence-electron chi connectivity index (χ0n) is 16.1. The molecule has 0 aliphatic heterocycles. The number of alkyl carbamates (subject to hydrolysis) is 1. The first-order chi connectivity index (χ1) is 12.7. The number of nitrogens with one attached hydrogen (secondary N) is 3. The van der Waals surface area contributed by atoms with Crippen molar-refractivity contribution in [3.63, 3.8) is 0 Å². The van der Waals surface area contributed by atoms with Crippen molar-refractivity contribution in [2.45, 2.75) is 64.5 Å². The first kappa shape index (κ1) is 22.4. The quantitative estimate of drug-likeness (QED) is 0.299. The van der Waals surface area contributed by atoms with E-state index in [-0.39, 0.29) is 12.3 Å². The van der Waals surface area contributed by atoms with Crippen LogP contribution in [-0.2, 0) is 14.3 Å². The Bertz CT molecular complexity index is 614. The van der Waals surface area contributed by atoms with Gasteiger partial charge in [-0.25, -0.2) is 10.3 Å². The molecule has 0 aromatic heterocycles. The minimum absolute atomic E-state index is 0.205. The van der Waals surface area contributed by atoms with Gasteiger partial charge in [-0.05, 0) is 45.7 Å². The van der Waals surface area contributed by atoms with Gasteiger partial charge in [0.15, 0.2) is 0 Å². The molecule has 0 saturated heterocycles. The van der Waals surface area contributed by atoms with E-state index in [1.807, 2.05) is 6.07 Å². The fourth-order valence-corrected chi connectivity index (χ4v) is 2.34. The number of carbonyl (C=O) groups excluding carboxylic acids is 3. The Morgan fingerprint density at radius 3 is 2.33 bits per heavy atom. The minimum Gasteiger partial charge on any atom is -0.444 e. The lowest BCUT2D eigenvalue weighted by atomic mass is 10.1. The molecule has 4 N–H and O–H groups in total. The number of rotatable bonds is 9. The molecule has 0 radical (unpaired) electrons. The molecule has 3 amide bonds. The van der Waals surface area contributed by atoms with E-state index in [1.54, 1.807) is 50.5 Å². The van der Waals surface area contributed by atoms with Gasteiger partial charge in [0.05, 0.1) is 0 Å². The first-order valence-electron chi connectivity index (χ1n) is 8.99. The van der Waals surface area contributed by atoms with Gasteiger partial charge < -0.3 is 15.4 Å².